The highest BCUT2D eigenvalue weighted by Gasteiger charge is 2.12. The Morgan fingerprint density at radius 1 is 1.53 bits per heavy atom. The monoisotopic (exact) mass is 231 g/mol. The number of rotatable bonds is 3. The lowest BCUT2D eigenvalue weighted by Gasteiger charge is -2.02. The van der Waals surface area contributed by atoms with Gasteiger partial charge in [0, 0.05) is 6.42 Å². The average Bonchev–Trinajstić information content (AvgIpc) is 2.15. The number of primary sulfonamides is 1. The van der Waals surface area contributed by atoms with Crippen molar-refractivity contribution < 1.29 is 12.8 Å². The summed E-state index contributed by atoms with van der Waals surface area (Å²) in [6.45, 7) is 1.54. The van der Waals surface area contributed by atoms with Crippen molar-refractivity contribution in [2.45, 2.75) is 13.3 Å². The lowest BCUT2D eigenvalue weighted by molar-refractivity contribution is 0.601. The van der Waals surface area contributed by atoms with E-state index in [0.717, 1.165) is 12.4 Å². The van der Waals surface area contributed by atoms with E-state index in [9.17, 15) is 12.8 Å². The van der Waals surface area contributed by atoms with Crippen LogP contribution in [-0.4, -0.2) is 18.4 Å². The van der Waals surface area contributed by atoms with Crippen LogP contribution in [0, 0.1) is 5.82 Å². The first-order chi connectivity index (χ1) is 6.93. The van der Waals surface area contributed by atoms with E-state index in [0.29, 0.717) is 0 Å². The van der Waals surface area contributed by atoms with Gasteiger partial charge >= 0.3 is 0 Å². The van der Waals surface area contributed by atoms with Gasteiger partial charge in [-0.25, -0.2) is 27.9 Å². The van der Waals surface area contributed by atoms with Crippen LogP contribution in [0.2, 0.25) is 0 Å². The van der Waals surface area contributed by atoms with Crippen molar-refractivity contribution in [3.8, 4) is 0 Å². The molecule has 82 valence electrons. The van der Waals surface area contributed by atoms with Gasteiger partial charge in [0.15, 0.2) is 5.82 Å². The third kappa shape index (κ3) is 3.37. The topological polar surface area (TPSA) is 85.9 Å². The van der Waals surface area contributed by atoms with Crippen molar-refractivity contribution in [3.05, 3.63) is 35.0 Å². The SMILES string of the molecule is CC=C(Cc1ncc(F)cn1)S(N)(=O)=O. The number of sulfonamides is 1. The van der Waals surface area contributed by atoms with Gasteiger partial charge in [0.1, 0.15) is 5.82 Å². The zero-order valence-corrected chi connectivity index (χ0v) is 8.83. The summed E-state index contributed by atoms with van der Waals surface area (Å²) in [6.07, 6.45) is 3.27. The lowest BCUT2D eigenvalue weighted by Crippen LogP contribution is -2.17. The Balaban J connectivity index is 2.91. The largest absolute Gasteiger partial charge is 0.238 e. The molecule has 1 rings (SSSR count). The fourth-order valence-electron chi connectivity index (χ4n) is 0.953. The number of nitrogens with zero attached hydrogens (tertiary/aromatic N) is 2. The van der Waals surface area contributed by atoms with E-state index in [4.69, 9.17) is 5.14 Å². The second-order valence-corrected chi connectivity index (χ2v) is 4.41. The molecule has 1 heterocycles. The molecule has 5 nitrogen and oxygen atoms in total. The van der Waals surface area contributed by atoms with Crippen LogP contribution in [-0.2, 0) is 16.4 Å². The van der Waals surface area contributed by atoms with Crippen molar-refractivity contribution in [3.63, 3.8) is 0 Å². The number of nitrogens with two attached hydrogens (primary N) is 1. The van der Waals surface area contributed by atoms with E-state index in [1.807, 2.05) is 0 Å². The molecule has 0 saturated carbocycles. The van der Waals surface area contributed by atoms with Crippen molar-refractivity contribution in [1.29, 1.82) is 0 Å². The highest BCUT2D eigenvalue weighted by molar-refractivity contribution is 7.93. The molecule has 0 spiro atoms. The van der Waals surface area contributed by atoms with Gasteiger partial charge in [-0.05, 0) is 6.92 Å². The summed E-state index contributed by atoms with van der Waals surface area (Å²) in [6, 6.07) is 0. The molecular formula is C8H10FN3O2S. The summed E-state index contributed by atoms with van der Waals surface area (Å²) < 4.78 is 34.5. The molecule has 0 radical (unpaired) electrons. The molecule has 1 aromatic rings. The summed E-state index contributed by atoms with van der Waals surface area (Å²) in [5, 5.41) is 4.94. The fourth-order valence-corrected chi connectivity index (χ4v) is 1.61. The van der Waals surface area contributed by atoms with Gasteiger partial charge in [0.2, 0.25) is 10.0 Å². The van der Waals surface area contributed by atoms with Gasteiger partial charge < -0.3 is 0 Å². The van der Waals surface area contributed by atoms with Crippen LogP contribution in [0.3, 0.4) is 0 Å². The Bertz CT molecular complexity index is 467. The van der Waals surface area contributed by atoms with Crippen molar-refractivity contribution in [1.82, 2.24) is 9.97 Å². The smallest absolute Gasteiger partial charge is 0.234 e. The number of hydrogen-bond acceptors (Lipinski definition) is 4. The van der Waals surface area contributed by atoms with Gasteiger partial charge in [0.05, 0.1) is 17.3 Å². The Hall–Kier alpha value is -1.34. The average molecular weight is 231 g/mol. The predicted octanol–water partition coefficient (Wildman–Crippen LogP) is 0.351. The Kier molecular flexibility index (Phi) is 3.48. The standard InChI is InChI=1S/C8H10FN3O2S/c1-2-7(15(10,13)14)3-8-11-4-6(9)5-12-8/h2,4-5H,3H2,1H3,(H2,10,13,14). The summed E-state index contributed by atoms with van der Waals surface area (Å²) in [4.78, 5) is 7.27. The maximum absolute atomic E-state index is 12.5. The summed E-state index contributed by atoms with van der Waals surface area (Å²) in [5.41, 5.74) is 0. The Morgan fingerprint density at radius 3 is 2.47 bits per heavy atom. The van der Waals surface area contributed by atoms with E-state index < -0.39 is 15.8 Å². The molecule has 0 unspecified atom stereocenters. The second-order valence-electron chi connectivity index (χ2n) is 2.79. The van der Waals surface area contributed by atoms with Gasteiger partial charge in [-0.15, -0.1) is 0 Å². The van der Waals surface area contributed by atoms with E-state index >= 15 is 0 Å². The lowest BCUT2D eigenvalue weighted by atomic mass is 10.3. The quantitative estimate of drug-likeness (QED) is 0.813. The molecule has 0 aromatic carbocycles. The molecule has 1 aromatic heterocycles. The van der Waals surface area contributed by atoms with Crippen molar-refractivity contribution >= 4 is 10.0 Å². The normalized spacial score (nSPS) is 12.9. The Morgan fingerprint density at radius 2 is 2.07 bits per heavy atom. The third-order valence-electron chi connectivity index (χ3n) is 1.69. The van der Waals surface area contributed by atoms with E-state index in [1.54, 1.807) is 6.92 Å². The molecule has 0 aliphatic carbocycles. The highest BCUT2D eigenvalue weighted by Crippen LogP contribution is 2.07. The van der Waals surface area contributed by atoms with Gasteiger partial charge in [0.25, 0.3) is 0 Å². The third-order valence-corrected chi connectivity index (χ3v) is 2.80. The molecule has 2 N–H and O–H groups in total. The Labute approximate surface area is 86.9 Å². The number of halogens is 1. The minimum absolute atomic E-state index is 0.00843. The molecule has 0 aliphatic heterocycles. The molecule has 15 heavy (non-hydrogen) atoms. The summed E-state index contributed by atoms with van der Waals surface area (Å²) in [7, 11) is -3.74. The molecule has 0 aliphatic rings. The van der Waals surface area contributed by atoms with Gasteiger partial charge in [-0.3, -0.25) is 0 Å². The summed E-state index contributed by atoms with van der Waals surface area (Å²) >= 11 is 0. The van der Waals surface area contributed by atoms with Gasteiger partial charge in [-0.2, -0.15) is 0 Å². The van der Waals surface area contributed by atoms with E-state index in [-0.39, 0.29) is 17.2 Å². The molecule has 0 fully saturated rings. The van der Waals surface area contributed by atoms with Crippen LogP contribution in [0.5, 0.6) is 0 Å². The number of hydrogen-bond donors (Lipinski definition) is 1. The van der Waals surface area contributed by atoms with E-state index in [1.165, 1.54) is 6.08 Å². The summed E-state index contributed by atoms with van der Waals surface area (Å²) in [5.74, 6) is -0.366. The number of allylic oxidation sites excluding steroid dienone is 2. The second kappa shape index (κ2) is 4.45. The molecular weight excluding hydrogens is 221 g/mol. The van der Waals surface area contributed by atoms with Crippen LogP contribution in [0.25, 0.3) is 0 Å². The first-order valence-electron chi connectivity index (χ1n) is 4.08. The molecule has 0 bridgehead atoms. The van der Waals surface area contributed by atoms with Crippen LogP contribution in [0.15, 0.2) is 23.4 Å². The molecule has 0 amide bonds. The predicted molar refractivity (Wildman–Crippen MR) is 52.6 cm³/mol. The van der Waals surface area contributed by atoms with Crippen LogP contribution in [0.4, 0.5) is 4.39 Å². The zero-order chi connectivity index (χ0) is 11.5. The zero-order valence-electron chi connectivity index (χ0n) is 8.01. The van der Waals surface area contributed by atoms with Crippen molar-refractivity contribution in [2.75, 3.05) is 0 Å². The maximum Gasteiger partial charge on any atom is 0.234 e. The minimum atomic E-state index is -3.74. The van der Waals surface area contributed by atoms with Gasteiger partial charge in [-0.1, -0.05) is 6.08 Å². The maximum atomic E-state index is 12.5. The van der Waals surface area contributed by atoms with Crippen LogP contribution >= 0.6 is 0 Å². The molecule has 0 saturated heterocycles. The first kappa shape index (κ1) is 11.7. The molecule has 0 atom stereocenters. The minimum Gasteiger partial charge on any atom is -0.238 e. The fraction of sp³-hybridized carbons (Fsp3) is 0.250. The van der Waals surface area contributed by atoms with Crippen LogP contribution in [0.1, 0.15) is 12.7 Å². The van der Waals surface area contributed by atoms with E-state index in [2.05, 4.69) is 9.97 Å². The number of aromatic nitrogens is 2. The van der Waals surface area contributed by atoms with Crippen LogP contribution < -0.4 is 5.14 Å². The first-order valence-corrected chi connectivity index (χ1v) is 5.62. The van der Waals surface area contributed by atoms with Crippen molar-refractivity contribution in [2.24, 2.45) is 5.14 Å². The molecule has 7 heteroatoms. The highest BCUT2D eigenvalue weighted by atomic mass is 32.2.